The Hall–Kier alpha value is -2.05. The number of methoxy groups -OCH3 is 2. The summed E-state index contributed by atoms with van der Waals surface area (Å²) in [5.41, 5.74) is 3.03. The maximum Gasteiger partial charge on any atom is 0.123 e. The van der Waals surface area contributed by atoms with Gasteiger partial charge >= 0.3 is 0 Å². The first-order valence-electron chi connectivity index (χ1n) is 7.36. The first-order chi connectivity index (χ1) is 11.7. The minimum atomic E-state index is 0.645. The largest absolute Gasteiger partial charge is 0.497 e. The van der Waals surface area contributed by atoms with E-state index in [4.69, 9.17) is 14.5 Å². The maximum atomic E-state index is 5.27. The molecule has 6 heteroatoms. The molecule has 0 spiro atoms. The maximum absolute atomic E-state index is 5.27. The smallest absolute Gasteiger partial charge is 0.123 e. The monoisotopic (exact) mass is 404 g/mol. The Bertz CT molecular complexity index is 835. The van der Waals surface area contributed by atoms with E-state index in [-0.39, 0.29) is 0 Å². The van der Waals surface area contributed by atoms with Crippen LogP contribution in [0.2, 0.25) is 0 Å². The molecule has 124 valence electrons. The summed E-state index contributed by atoms with van der Waals surface area (Å²) in [6.45, 7) is 0.645. The van der Waals surface area contributed by atoms with Crippen LogP contribution in [0.25, 0.3) is 10.6 Å². The Morgan fingerprint density at radius 1 is 1.08 bits per heavy atom. The second-order valence-electron chi connectivity index (χ2n) is 5.08. The van der Waals surface area contributed by atoms with Crippen LogP contribution in [0.5, 0.6) is 11.5 Å². The van der Waals surface area contributed by atoms with E-state index in [1.807, 2.05) is 42.5 Å². The minimum absolute atomic E-state index is 0.645. The standard InChI is InChI=1S/C18H17BrN2O2S/c1-22-14-5-3-4-12(8-14)18-21-13(11-24-18)10-20-17-9-15(23-2)6-7-16(17)19/h3-9,11,20H,10H2,1-2H3. The van der Waals surface area contributed by atoms with E-state index in [1.54, 1.807) is 25.6 Å². The zero-order valence-electron chi connectivity index (χ0n) is 13.4. The SMILES string of the molecule is COc1cccc(-c2nc(CNc3cc(OC)ccc3Br)cs2)c1. The van der Waals surface area contributed by atoms with Gasteiger partial charge in [-0.25, -0.2) is 4.98 Å². The Kier molecular flexibility index (Phi) is 5.37. The first kappa shape index (κ1) is 16.8. The van der Waals surface area contributed by atoms with Crippen molar-refractivity contribution in [2.75, 3.05) is 19.5 Å². The highest BCUT2D eigenvalue weighted by atomic mass is 79.9. The molecule has 0 bridgehead atoms. The van der Waals surface area contributed by atoms with E-state index >= 15 is 0 Å². The number of hydrogen-bond donors (Lipinski definition) is 1. The van der Waals surface area contributed by atoms with Crippen LogP contribution in [0.15, 0.2) is 52.3 Å². The van der Waals surface area contributed by atoms with Crippen molar-refractivity contribution in [3.8, 4) is 22.1 Å². The van der Waals surface area contributed by atoms with Crippen LogP contribution >= 0.6 is 27.3 Å². The summed E-state index contributed by atoms with van der Waals surface area (Å²) in [6, 6.07) is 13.8. The van der Waals surface area contributed by atoms with Gasteiger partial charge in [0.15, 0.2) is 0 Å². The number of halogens is 1. The molecule has 1 heterocycles. The molecule has 0 unspecified atom stereocenters. The summed E-state index contributed by atoms with van der Waals surface area (Å²) >= 11 is 5.17. The molecule has 0 aliphatic carbocycles. The number of benzene rings is 2. The molecular formula is C18H17BrN2O2S. The fraction of sp³-hybridized carbons (Fsp3) is 0.167. The van der Waals surface area contributed by atoms with Gasteiger partial charge in [-0.3, -0.25) is 0 Å². The van der Waals surface area contributed by atoms with Gasteiger partial charge in [0, 0.05) is 21.5 Å². The number of anilines is 1. The summed E-state index contributed by atoms with van der Waals surface area (Å²) in [5, 5.41) is 6.43. The van der Waals surface area contributed by atoms with Crippen LogP contribution in [0, 0.1) is 0 Å². The highest BCUT2D eigenvalue weighted by Gasteiger charge is 2.07. The van der Waals surface area contributed by atoms with E-state index in [9.17, 15) is 0 Å². The van der Waals surface area contributed by atoms with Gasteiger partial charge in [0.2, 0.25) is 0 Å². The third-order valence-corrected chi connectivity index (χ3v) is 5.13. The van der Waals surface area contributed by atoms with E-state index in [1.165, 1.54) is 0 Å². The van der Waals surface area contributed by atoms with Gasteiger partial charge in [0.25, 0.3) is 0 Å². The number of thiazole rings is 1. The number of nitrogens with one attached hydrogen (secondary N) is 1. The van der Waals surface area contributed by atoms with Crippen molar-refractivity contribution in [2.24, 2.45) is 0 Å². The number of nitrogens with zero attached hydrogens (tertiary/aromatic N) is 1. The molecule has 4 nitrogen and oxygen atoms in total. The fourth-order valence-electron chi connectivity index (χ4n) is 2.23. The van der Waals surface area contributed by atoms with Crippen LogP contribution in [-0.2, 0) is 6.54 Å². The molecule has 0 aliphatic heterocycles. The minimum Gasteiger partial charge on any atom is -0.497 e. The normalized spacial score (nSPS) is 10.5. The number of hydrogen-bond acceptors (Lipinski definition) is 5. The molecule has 0 saturated carbocycles. The lowest BCUT2D eigenvalue weighted by Gasteiger charge is -2.09. The number of rotatable bonds is 6. The average molecular weight is 405 g/mol. The Morgan fingerprint density at radius 3 is 2.67 bits per heavy atom. The number of ether oxygens (including phenoxy) is 2. The second-order valence-corrected chi connectivity index (χ2v) is 6.79. The van der Waals surface area contributed by atoms with E-state index in [0.717, 1.165) is 37.9 Å². The topological polar surface area (TPSA) is 43.4 Å². The second kappa shape index (κ2) is 7.68. The molecule has 0 atom stereocenters. The molecule has 3 aromatic rings. The first-order valence-corrected chi connectivity index (χ1v) is 9.03. The van der Waals surface area contributed by atoms with Crippen molar-refractivity contribution in [2.45, 2.75) is 6.54 Å². The van der Waals surface area contributed by atoms with Gasteiger partial charge in [-0.1, -0.05) is 12.1 Å². The van der Waals surface area contributed by atoms with E-state index < -0.39 is 0 Å². The molecular weight excluding hydrogens is 388 g/mol. The summed E-state index contributed by atoms with van der Waals surface area (Å²) in [7, 11) is 3.33. The van der Waals surface area contributed by atoms with Crippen LogP contribution in [0.4, 0.5) is 5.69 Å². The van der Waals surface area contributed by atoms with Crippen LogP contribution < -0.4 is 14.8 Å². The highest BCUT2D eigenvalue weighted by Crippen LogP contribution is 2.29. The van der Waals surface area contributed by atoms with Crippen molar-refractivity contribution in [1.82, 2.24) is 4.98 Å². The third-order valence-electron chi connectivity index (χ3n) is 3.50. The van der Waals surface area contributed by atoms with Crippen LogP contribution in [0.3, 0.4) is 0 Å². The Morgan fingerprint density at radius 2 is 1.88 bits per heavy atom. The van der Waals surface area contributed by atoms with Gasteiger partial charge in [-0.05, 0) is 40.2 Å². The van der Waals surface area contributed by atoms with Crippen molar-refractivity contribution in [3.05, 3.63) is 58.0 Å². The van der Waals surface area contributed by atoms with Crippen molar-refractivity contribution in [1.29, 1.82) is 0 Å². The highest BCUT2D eigenvalue weighted by molar-refractivity contribution is 9.10. The molecule has 0 radical (unpaired) electrons. The molecule has 0 saturated heterocycles. The molecule has 1 aromatic heterocycles. The lowest BCUT2D eigenvalue weighted by molar-refractivity contribution is 0.415. The lowest BCUT2D eigenvalue weighted by Crippen LogP contribution is -2.00. The molecule has 0 aliphatic rings. The Balaban J connectivity index is 1.72. The van der Waals surface area contributed by atoms with Crippen molar-refractivity contribution >= 4 is 33.0 Å². The fourth-order valence-corrected chi connectivity index (χ4v) is 3.43. The van der Waals surface area contributed by atoms with Crippen molar-refractivity contribution in [3.63, 3.8) is 0 Å². The van der Waals surface area contributed by atoms with Crippen LogP contribution in [-0.4, -0.2) is 19.2 Å². The van der Waals surface area contributed by atoms with Gasteiger partial charge < -0.3 is 14.8 Å². The van der Waals surface area contributed by atoms with Crippen molar-refractivity contribution < 1.29 is 9.47 Å². The summed E-state index contributed by atoms with van der Waals surface area (Å²) in [6.07, 6.45) is 0. The lowest BCUT2D eigenvalue weighted by atomic mass is 10.2. The Labute approximate surface area is 153 Å². The zero-order chi connectivity index (χ0) is 16.9. The molecule has 0 amide bonds. The van der Waals surface area contributed by atoms with Gasteiger partial charge in [0.1, 0.15) is 16.5 Å². The molecule has 1 N–H and O–H groups in total. The molecule has 0 fully saturated rings. The molecule has 24 heavy (non-hydrogen) atoms. The van der Waals surface area contributed by atoms with Gasteiger partial charge in [-0.15, -0.1) is 11.3 Å². The zero-order valence-corrected chi connectivity index (χ0v) is 15.8. The molecule has 2 aromatic carbocycles. The molecule has 3 rings (SSSR count). The summed E-state index contributed by atoms with van der Waals surface area (Å²) < 4.78 is 11.5. The van der Waals surface area contributed by atoms with Crippen LogP contribution in [0.1, 0.15) is 5.69 Å². The van der Waals surface area contributed by atoms with Gasteiger partial charge in [-0.2, -0.15) is 0 Å². The number of aromatic nitrogens is 1. The third kappa shape index (κ3) is 3.88. The predicted molar refractivity (Wildman–Crippen MR) is 102 cm³/mol. The van der Waals surface area contributed by atoms with Gasteiger partial charge in [0.05, 0.1) is 32.1 Å². The van der Waals surface area contributed by atoms with E-state index in [2.05, 4.69) is 26.6 Å². The predicted octanol–water partition coefficient (Wildman–Crippen LogP) is 5.20. The summed E-state index contributed by atoms with van der Waals surface area (Å²) in [4.78, 5) is 4.70. The van der Waals surface area contributed by atoms with E-state index in [0.29, 0.717) is 6.54 Å². The average Bonchev–Trinajstić information content (AvgIpc) is 3.10. The summed E-state index contributed by atoms with van der Waals surface area (Å²) in [5.74, 6) is 1.65. The quantitative estimate of drug-likeness (QED) is 0.612.